The van der Waals surface area contributed by atoms with E-state index in [0.717, 1.165) is 12.1 Å². The SMILES string of the molecule is CC(=O)c1cccc(/C(C)=N\c2ccc(C(F)(F)F)cc2)n1. The highest BCUT2D eigenvalue weighted by atomic mass is 19.4. The van der Waals surface area contributed by atoms with E-state index in [1.165, 1.54) is 19.1 Å². The van der Waals surface area contributed by atoms with Crippen molar-refractivity contribution in [3.8, 4) is 0 Å². The number of alkyl halides is 3. The summed E-state index contributed by atoms with van der Waals surface area (Å²) in [6, 6.07) is 9.51. The van der Waals surface area contributed by atoms with Gasteiger partial charge in [-0.1, -0.05) is 6.07 Å². The second kappa shape index (κ2) is 6.09. The van der Waals surface area contributed by atoms with Crippen LogP contribution in [0.4, 0.5) is 18.9 Å². The average molecular weight is 306 g/mol. The number of hydrogen-bond acceptors (Lipinski definition) is 3. The minimum Gasteiger partial charge on any atom is -0.293 e. The van der Waals surface area contributed by atoms with Gasteiger partial charge in [-0.05, 0) is 43.3 Å². The number of aliphatic imine (C=N–C) groups is 1. The molecule has 0 unspecified atom stereocenters. The van der Waals surface area contributed by atoms with E-state index >= 15 is 0 Å². The summed E-state index contributed by atoms with van der Waals surface area (Å²) in [5, 5.41) is 0. The van der Waals surface area contributed by atoms with E-state index in [2.05, 4.69) is 9.98 Å². The predicted octanol–water partition coefficient (Wildman–Crippen LogP) is 4.44. The molecule has 6 heteroatoms. The molecule has 0 spiro atoms. The summed E-state index contributed by atoms with van der Waals surface area (Å²) < 4.78 is 37.5. The molecular weight excluding hydrogens is 293 g/mol. The molecule has 114 valence electrons. The normalized spacial score (nSPS) is 12.3. The van der Waals surface area contributed by atoms with Crippen LogP contribution in [0.15, 0.2) is 47.5 Å². The number of carbonyl (C=O) groups excluding carboxylic acids is 1. The van der Waals surface area contributed by atoms with Crippen molar-refractivity contribution < 1.29 is 18.0 Å². The smallest absolute Gasteiger partial charge is 0.293 e. The van der Waals surface area contributed by atoms with Crippen LogP contribution in [0, 0.1) is 0 Å². The molecule has 0 fully saturated rings. The average Bonchev–Trinajstić information content (AvgIpc) is 2.47. The minimum absolute atomic E-state index is 0.163. The molecule has 0 bridgehead atoms. The van der Waals surface area contributed by atoms with Gasteiger partial charge >= 0.3 is 6.18 Å². The van der Waals surface area contributed by atoms with Crippen LogP contribution in [-0.4, -0.2) is 16.5 Å². The van der Waals surface area contributed by atoms with Crippen molar-refractivity contribution in [2.24, 2.45) is 4.99 Å². The fourth-order valence-electron chi connectivity index (χ4n) is 1.81. The first kappa shape index (κ1) is 15.9. The number of aromatic nitrogens is 1. The first-order chi connectivity index (χ1) is 10.3. The number of hydrogen-bond donors (Lipinski definition) is 0. The Hall–Kier alpha value is -2.50. The molecule has 0 aliphatic rings. The maximum Gasteiger partial charge on any atom is 0.416 e. The maximum atomic E-state index is 12.5. The van der Waals surface area contributed by atoms with Gasteiger partial charge in [-0.15, -0.1) is 0 Å². The van der Waals surface area contributed by atoms with Gasteiger partial charge in [0.25, 0.3) is 0 Å². The van der Waals surface area contributed by atoms with Gasteiger partial charge in [0.05, 0.1) is 22.7 Å². The van der Waals surface area contributed by atoms with Crippen LogP contribution < -0.4 is 0 Å². The van der Waals surface area contributed by atoms with E-state index in [-0.39, 0.29) is 5.78 Å². The predicted molar refractivity (Wildman–Crippen MR) is 77.6 cm³/mol. The van der Waals surface area contributed by atoms with Crippen LogP contribution in [0.3, 0.4) is 0 Å². The van der Waals surface area contributed by atoms with Gasteiger partial charge in [0.15, 0.2) is 5.78 Å². The number of ketones is 1. The monoisotopic (exact) mass is 306 g/mol. The lowest BCUT2D eigenvalue weighted by Gasteiger charge is -2.06. The number of benzene rings is 1. The third kappa shape index (κ3) is 3.78. The Morgan fingerprint density at radius 3 is 2.14 bits per heavy atom. The van der Waals surface area contributed by atoms with Crippen LogP contribution in [0.5, 0.6) is 0 Å². The molecule has 2 aromatic rings. The van der Waals surface area contributed by atoms with Gasteiger partial charge in [0.2, 0.25) is 0 Å². The van der Waals surface area contributed by atoms with Crippen LogP contribution in [0.2, 0.25) is 0 Å². The van der Waals surface area contributed by atoms with Gasteiger partial charge < -0.3 is 0 Å². The summed E-state index contributed by atoms with van der Waals surface area (Å²) in [6.45, 7) is 3.10. The largest absolute Gasteiger partial charge is 0.416 e. The number of Topliss-reactive ketones (excluding diaryl/α,β-unsaturated/α-hetero) is 1. The standard InChI is InChI=1S/C16H13F3N2O/c1-10(14-4-3-5-15(21-14)11(2)22)20-13-8-6-12(7-9-13)16(17,18)19/h3-9H,1-2H3/b20-10-. The van der Waals surface area contributed by atoms with Crippen LogP contribution in [0.25, 0.3) is 0 Å². The van der Waals surface area contributed by atoms with Crippen molar-refractivity contribution in [2.75, 3.05) is 0 Å². The number of carbonyl (C=O) groups is 1. The van der Waals surface area contributed by atoms with Crippen molar-refractivity contribution >= 4 is 17.2 Å². The van der Waals surface area contributed by atoms with Crippen molar-refractivity contribution in [1.82, 2.24) is 4.98 Å². The Labute approximate surface area is 125 Å². The lowest BCUT2D eigenvalue weighted by atomic mass is 10.2. The molecule has 0 atom stereocenters. The summed E-state index contributed by atoms with van der Waals surface area (Å²) in [5.74, 6) is -0.163. The van der Waals surface area contributed by atoms with Crippen LogP contribution >= 0.6 is 0 Å². The van der Waals surface area contributed by atoms with Crippen molar-refractivity contribution in [1.29, 1.82) is 0 Å². The number of pyridine rings is 1. The van der Waals surface area contributed by atoms with E-state index < -0.39 is 11.7 Å². The molecule has 0 radical (unpaired) electrons. The lowest BCUT2D eigenvalue weighted by Crippen LogP contribution is -2.04. The van der Waals surface area contributed by atoms with E-state index in [0.29, 0.717) is 22.8 Å². The van der Waals surface area contributed by atoms with Gasteiger partial charge in [-0.2, -0.15) is 13.2 Å². The van der Waals surface area contributed by atoms with Crippen molar-refractivity contribution in [2.45, 2.75) is 20.0 Å². The van der Waals surface area contributed by atoms with Crippen LogP contribution in [-0.2, 0) is 6.18 Å². The summed E-state index contributed by atoms with van der Waals surface area (Å²) >= 11 is 0. The van der Waals surface area contributed by atoms with Crippen molar-refractivity contribution in [3.63, 3.8) is 0 Å². The molecule has 1 aromatic carbocycles. The zero-order valence-electron chi connectivity index (χ0n) is 12.0. The molecule has 0 saturated heterocycles. The highest BCUT2D eigenvalue weighted by molar-refractivity contribution is 6.00. The zero-order valence-corrected chi connectivity index (χ0v) is 12.0. The van der Waals surface area contributed by atoms with E-state index in [1.54, 1.807) is 25.1 Å². The highest BCUT2D eigenvalue weighted by Gasteiger charge is 2.29. The first-order valence-electron chi connectivity index (χ1n) is 6.48. The Bertz CT molecular complexity index is 719. The number of rotatable bonds is 3. The molecular formula is C16H13F3N2O. The molecule has 3 nitrogen and oxygen atoms in total. The Kier molecular flexibility index (Phi) is 4.40. The Morgan fingerprint density at radius 2 is 1.59 bits per heavy atom. The molecule has 0 saturated carbocycles. The van der Waals surface area contributed by atoms with E-state index in [9.17, 15) is 18.0 Å². The first-order valence-corrected chi connectivity index (χ1v) is 6.48. The fraction of sp³-hybridized carbons (Fsp3) is 0.188. The molecule has 1 aromatic heterocycles. The number of halogens is 3. The quantitative estimate of drug-likeness (QED) is 0.621. The summed E-state index contributed by atoms with van der Waals surface area (Å²) in [7, 11) is 0. The van der Waals surface area contributed by atoms with Gasteiger partial charge in [-0.3, -0.25) is 9.79 Å². The lowest BCUT2D eigenvalue weighted by molar-refractivity contribution is -0.137. The topological polar surface area (TPSA) is 42.3 Å². The van der Waals surface area contributed by atoms with Gasteiger partial charge in [0, 0.05) is 6.92 Å². The molecule has 0 amide bonds. The highest BCUT2D eigenvalue weighted by Crippen LogP contribution is 2.30. The third-order valence-electron chi connectivity index (χ3n) is 2.97. The van der Waals surface area contributed by atoms with Crippen molar-refractivity contribution in [3.05, 3.63) is 59.4 Å². The second-order valence-electron chi connectivity index (χ2n) is 4.71. The third-order valence-corrected chi connectivity index (χ3v) is 2.97. The molecule has 0 aliphatic heterocycles. The molecule has 2 rings (SSSR count). The Balaban J connectivity index is 2.29. The van der Waals surface area contributed by atoms with E-state index in [4.69, 9.17) is 0 Å². The fourth-order valence-corrected chi connectivity index (χ4v) is 1.81. The second-order valence-corrected chi connectivity index (χ2v) is 4.71. The molecule has 0 aliphatic carbocycles. The summed E-state index contributed by atoms with van der Waals surface area (Å²) in [5.41, 5.74) is 1.01. The van der Waals surface area contributed by atoms with E-state index in [1.807, 2.05) is 0 Å². The number of nitrogens with zero attached hydrogens (tertiary/aromatic N) is 2. The zero-order chi connectivity index (χ0) is 16.3. The summed E-state index contributed by atoms with van der Waals surface area (Å²) in [6.07, 6.45) is -4.37. The Morgan fingerprint density at radius 1 is 1.00 bits per heavy atom. The molecule has 22 heavy (non-hydrogen) atoms. The molecule has 0 N–H and O–H groups in total. The molecule has 1 heterocycles. The van der Waals surface area contributed by atoms with Gasteiger partial charge in [0.1, 0.15) is 5.69 Å². The minimum atomic E-state index is -4.37. The van der Waals surface area contributed by atoms with Crippen LogP contribution in [0.1, 0.15) is 35.6 Å². The summed E-state index contributed by atoms with van der Waals surface area (Å²) in [4.78, 5) is 19.7. The maximum absolute atomic E-state index is 12.5. The van der Waals surface area contributed by atoms with Gasteiger partial charge in [-0.25, -0.2) is 4.98 Å².